The molecule has 0 aliphatic rings. The van der Waals surface area contributed by atoms with Crippen LogP contribution in [-0.2, 0) is 9.53 Å². The first-order chi connectivity index (χ1) is 10.7. The van der Waals surface area contributed by atoms with Gasteiger partial charge in [0.25, 0.3) is 5.91 Å². The van der Waals surface area contributed by atoms with Gasteiger partial charge in [-0.3, -0.25) is 4.79 Å². The number of methoxy groups -OCH3 is 1. The van der Waals surface area contributed by atoms with Gasteiger partial charge in [-0.05, 0) is 23.6 Å². The molecular weight excluding hydrogens is 278 g/mol. The van der Waals surface area contributed by atoms with E-state index in [1.54, 1.807) is 12.1 Å². The first-order valence-corrected chi connectivity index (χ1v) is 7.20. The number of carbonyl (C=O) groups is 2. The average molecular weight is 297 g/mol. The number of carbonyl (C=O) groups excluding carboxylic acids is 2. The first kappa shape index (κ1) is 15.8. The normalized spacial score (nSPS) is 11.5. The summed E-state index contributed by atoms with van der Waals surface area (Å²) in [6.45, 7) is 1.82. The molecule has 2 aromatic rings. The van der Waals surface area contributed by atoms with E-state index in [0.717, 1.165) is 11.1 Å². The topological polar surface area (TPSA) is 55.4 Å². The van der Waals surface area contributed by atoms with E-state index >= 15 is 0 Å². The van der Waals surface area contributed by atoms with Gasteiger partial charge in [0, 0.05) is 5.56 Å². The Morgan fingerprint density at radius 3 is 2.32 bits per heavy atom. The highest BCUT2D eigenvalue weighted by Crippen LogP contribution is 2.23. The SMILES string of the molecule is CC[C@H](NC(=O)c1ccccc1-c1ccccc1)C(=O)OC. The number of amides is 1. The molecule has 114 valence electrons. The van der Waals surface area contributed by atoms with E-state index < -0.39 is 12.0 Å². The van der Waals surface area contributed by atoms with Crippen molar-refractivity contribution >= 4 is 11.9 Å². The highest BCUT2D eigenvalue weighted by atomic mass is 16.5. The third-order valence-corrected chi connectivity index (χ3v) is 3.46. The Morgan fingerprint density at radius 2 is 1.68 bits per heavy atom. The van der Waals surface area contributed by atoms with Crippen LogP contribution >= 0.6 is 0 Å². The molecule has 1 atom stereocenters. The minimum atomic E-state index is -0.638. The predicted molar refractivity (Wildman–Crippen MR) is 85.4 cm³/mol. The Kier molecular flexibility index (Phi) is 5.31. The van der Waals surface area contributed by atoms with Crippen molar-refractivity contribution in [3.63, 3.8) is 0 Å². The van der Waals surface area contributed by atoms with Gasteiger partial charge in [-0.25, -0.2) is 4.79 Å². The van der Waals surface area contributed by atoms with E-state index in [0.29, 0.717) is 12.0 Å². The number of benzene rings is 2. The first-order valence-electron chi connectivity index (χ1n) is 7.20. The lowest BCUT2D eigenvalue weighted by atomic mass is 9.99. The van der Waals surface area contributed by atoms with Crippen molar-refractivity contribution in [1.82, 2.24) is 5.32 Å². The lowest BCUT2D eigenvalue weighted by Gasteiger charge is -2.16. The molecule has 0 saturated carbocycles. The van der Waals surface area contributed by atoms with Gasteiger partial charge in [-0.1, -0.05) is 55.5 Å². The molecule has 0 spiro atoms. The molecular formula is C18H19NO3. The number of hydrogen-bond acceptors (Lipinski definition) is 3. The Bertz CT molecular complexity index is 652. The van der Waals surface area contributed by atoms with Gasteiger partial charge < -0.3 is 10.1 Å². The van der Waals surface area contributed by atoms with Crippen LogP contribution in [0.3, 0.4) is 0 Å². The number of ether oxygens (including phenoxy) is 1. The van der Waals surface area contributed by atoms with Crippen LogP contribution in [0.15, 0.2) is 54.6 Å². The molecule has 0 aromatic heterocycles. The maximum Gasteiger partial charge on any atom is 0.328 e. The Labute approximate surface area is 130 Å². The van der Waals surface area contributed by atoms with Gasteiger partial charge in [0.15, 0.2) is 0 Å². The monoisotopic (exact) mass is 297 g/mol. The average Bonchev–Trinajstić information content (AvgIpc) is 2.59. The molecule has 1 N–H and O–H groups in total. The molecule has 0 unspecified atom stereocenters. The molecule has 0 bridgehead atoms. The second kappa shape index (κ2) is 7.41. The molecule has 0 fully saturated rings. The Morgan fingerprint density at radius 1 is 1.05 bits per heavy atom. The molecule has 0 saturated heterocycles. The largest absolute Gasteiger partial charge is 0.467 e. The van der Waals surface area contributed by atoms with Gasteiger partial charge in [-0.15, -0.1) is 0 Å². The summed E-state index contributed by atoms with van der Waals surface area (Å²) >= 11 is 0. The third-order valence-electron chi connectivity index (χ3n) is 3.46. The molecule has 0 aliphatic carbocycles. The Balaban J connectivity index is 2.29. The van der Waals surface area contributed by atoms with Crippen molar-refractivity contribution in [3.8, 4) is 11.1 Å². The van der Waals surface area contributed by atoms with Crippen molar-refractivity contribution in [2.24, 2.45) is 0 Å². The fraction of sp³-hybridized carbons (Fsp3) is 0.222. The van der Waals surface area contributed by atoms with Crippen LogP contribution in [-0.4, -0.2) is 25.0 Å². The van der Waals surface area contributed by atoms with E-state index in [-0.39, 0.29) is 5.91 Å². The summed E-state index contributed by atoms with van der Waals surface area (Å²) in [7, 11) is 1.31. The molecule has 0 heterocycles. The number of rotatable bonds is 5. The van der Waals surface area contributed by atoms with Crippen molar-refractivity contribution < 1.29 is 14.3 Å². The van der Waals surface area contributed by atoms with Crippen molar-refractivity contribution in [3.05, 3.63) is 60.2 Å². The summed E-state index contributed by atoms with van der Waals surface area (Å²) in [5, 5.41) is 2.73. The minimum absolute atomic E-state index is 0.281. The van der Waals surface area contributed by atoms with Crippen LogP contribution in [0.1, 0.15) is 23.7 Å². The summed E-state index contributed by atoms with van der Waals surface area (Å²) in [4.78, 5) is 24.1. The molecule has 2 rings (SSSR count). The molecule has 22 heavy (non-hydrogen) atoms. The highest BCUT2D eigenvalue weighted by Gasteiger charge is 2.21. The van der Waals surface area contributed by atoms with Crippen molar-refractivity contribution in [2.45, 2.75) is 19.4 Å². The van der Waals surface area contributed by atoms with Crippen LogP contribution in [0, 0.1) is 0 Å². The van der Waals surface area contributed by atoms with Crippen molar-refractivity contribution in [1.29, 1.82) is 0 Å². The molecule has 1 amide bonds. The molecule has 0 radical (unpaired) electrons. The third kappa shape index (κ3) is 3.52. The molecule has 0 aliphatic heterocycles. The number of nitrogens with one attached hydrogen (secondary N) is 1. The van der Waals surface area contributed by atoms with Crippen molar-refractivity contribution in [2.75, 3.05) is 7.11 Å². The Hall–Kier alpha value is -2.62. The number of hydrogen-bond donors (Lipinski definition) is 1. The fourth-order valence-electron chi connectivity index (χ4n) is 2.26. The van der Waals surface area contributed by atoms with E-state index in [1.807, 2.05) is 49.4 Å². The smallest absolute Gasteiger partial charge is 0.328 e. The summed E-state index contributed by atoms with van der Waals surface area (Å²) in [5.74, 6) is -0.718. The molecule has 4 nitrogen and oxygen atoms in total. The fourth-order valence-corrected chi connectivity index (χ4v) is 2.26. The summed E-state index contributed by atoms with van der Waals surface area (Å²) in [6.07, 6.45) is 0.478. The molecule has 4 heteroatoms. The summed E-state index contributed by atoms with van der Waals surface area (Å²) in [6, 6.07) is 16.4. The lowest BCUT2D eigenvalue weighted by Crippen LogP contribution is -2.41. The van der Waals surface area contributed by atoms with Crippen LogP contribution < -0.4 is 5.32 Å². The second-order valence-corrected chi connectivity index (χ2v) is 4.87. The lowest BCUT2D eigenvalue weighted by molar-refractivity contribution is -0.142. The van der Waals surface area contributed by atoms with E-state index in [2.05, 4.69) is 5.32 Å². The highest BCUT2D eigenvalue weighted by molar-refractivity contribution is 6.02. The van der Waals surface area contributed by atoms with E-state index in [4.69, 9.17) is 4.74 Å². The zero-order chi connectivity index (χ0) is 15.9. The standard InChI is InChI=1S/C18H19NO3/c1-3-16(18(21)22-2)19-17(20)15-12-8-7-11-14(15)13-9-5-4-6-10-13/h4-12,16H,3H2,1-2H3,(H,19,20)/t16-/m0/s1. The maximum atomic E-state index is 12.5. The van der Waals surface area contributed by atoms with Crippen LogP contribution in [0.4, 0.5) is 0 Å². The minimum Gasteiger partial charge on any atom is -0.467 e. The number of esters is 1. The van der Waals surface area contributed by atoms with E-state index in [1.165, 1.54) is 7.11 Å². The molecule has 2 aromatic carbocycles. The van der Waals surface area contributed by atoms with Crippen LogP contribution in [0.2, 0.25) is 0 Å². The van der Waals surface area contributed by atoms with E-state index in [9.17, 15) is 9.59 Å². The predicted octanol–water partition coefficient (Wildman–Crippen LogP) is 3.04. The summed E-state index contributed by atoms with van der Waals surface area (Å²) < 4.78 is 4.70. The van der Waals surface area contributed by atoms with Gasteiger partial charge >= 0.3 is 5.97 Å². The van der Waals surface area contributed by atoms with Crippen LogP contribution in [0.25, 0.3) is 11.1 Å². The van der Waals surface area contributed by atoms with Crippen LogP contribution in [0.5, 0.6) is 0 Å². The second-order valence-electron chi connectivity index (χ2n) is 4.87. The maximum absolute atomic E-state index is 12.5. The van der Waals surface area contributed by atoms with Gasteiger partial charge in [0.1, 0.15) is 6.04 Å². The van der Waals surface area contributed by atoms with Gasteiger partial charge in [0.05, 0.1) is 7.11 Å². The zero-order valence-electron chi connectivity index (χ0n) is 12.7. The summed E-state index contributed by atoms with van der Waals surface area (Å²) in [5.41, 5.74) is 2.33. The zero-order valence-corrected chi connectivity index (χ0v) is 12.7. The quantitative estimate of drug-likeness (QED) is 0.863. The van der Waals surface area contributed by atoms with Gasteiger partial charge in [-0.2, -0.15) is 0 Å². The van der Waals surface area contributed by atoms with Gasteiger partial charge in [0.2, 0.25) is 0 Å².